The van der Waals surface area contributed by atoms with Gasteiger partial charge in [0.05, 0.1) is 39.9 Å². The summed E-state index contributed by atoms with van der Waals surface area (Å²) in [6.45, 7) is 3.68. The second kappa shape index (κ2) is 9.41. The van der Waals surface area contributed by atoms with Crippen LogP contribution in [0.5, 0.6) is 0 Å². The Labute approximate surface area is 204 Å². The zero-order valence-corrected chi connectivity index (χ0v) is 20.6. The van der Waals surface area contributed by atoms with Gasteiger partial charge < -0.3 is 10.2 Å². The average Bonchev–Trinajstić information content (AvgIpc) is 3.53. The molecule has 1 N–H and O–H groups in total. The SMILES string of the molecule is Cc1nn([C@@H]2CCS(=O)(=O)C2)c2nc(-c3ccccc3)cc(C(=O)NCCCN3CCCC3=O)c12. The van der Waals surface area contributed by atoms with Crippen molar-refractivity contribution in [1.82, 2.24) is 25.0 Å². The normalized spacial score (nSPS) is 19.5. The minimum Gasteiger partial charge on any atom is -0.352 e. The first-order valence-electron chi connectivity index (χ1n) is 12.0. The molecule has 2 saturated heterocycles. The van der Waals surface area contributed by atoms with Crippen LogP contribution < -0.4 is 5.32 Å². The molecule has 0 bridgehead atoms. The van der Waals surface area contributed by atoms with E-state index in [1.165, 1.54) is 0 Å². The summed E-state index contributed by atoms with van der Waals surface area (Å²) >= 11 is 0. The van der Waals surface area contributed by atoms with Crippen LogP contribution in [-0.4, -0.2) is 71.0 Å². The predicted octanol–water partition coefficient (Wildman–Crippen LogP) is 2.51. The third-order valence-corrected chi connectivity index (χ3v) is 8.52. The molecule has 0 radical (unpaired) electrons. The fraction of sp³-hybridized carbons (Fsp3) is 0.440. The Bertz CT molecular complexity index is 1380. The summed E-state index contributed by atoms with van der Waals surface area (Å²) in [5.74, 6) is 0.0984. The maximum Gasteiger partial charge on any atom is 0.252 e. The summed E-state index contributed by atoms with van der Waals surface area (Å²) in [4.78, 5) is 31.8. The lowest BCUT2D eigenvalue weighted by atomic mass is 10.0. The van der Waals surface area contributed by atoms with Gasteiger partial charge in [0.1, 0.15) is 0 Å². The Morgan fingerprint density at radius 3 is 2.71 bits per heavy atom. The van der Waals surface area contributed by atoms with Crippen LogP contribution in [0.2, 0.25) is 0 Å². The van der Waals surface area contributed by atoms with Crippen LogP contribution >= 0.6 is 0 Å². The van der Waals surface area contributed by atoms with E-state index in [4.69, 9.17) is 4.98 Å². The zero-order valence-electron chi connectivity index (χ0n) is 19.7. The fourth-order valence-corrected chi connectivity index (χ4v) is 6.67. The van der Waals surface area contributed by atoms with E-state index in [1.807, 2.05) is 42.2 Å². The van der Waals surface area contributed by atoms with E-state index in [-0.39, 0.29) is 29.4 Å². The first kappa shape index (κ1) is 23.5. The molecule has 9 nitrogen and oxygen atoms in total. The molecule has 0 unspecified atom stereocenters. The number of carbonyl (C=O) groups excluding carboxylic acids is 2. The van der Waals surface area contributed by atoms with E-state index in [9.17, 15) is 18.0 Å². The standard InChI is InChI=1S/C25H29N5O4S/c1-17-23-20(25(32)26-11-6-13-29-12-5-9-22(29)31)15-21(18-7-3-2-4-8-18)27-24(23)30(28-17)19-10-14-35(33,34)16-19/h2-4,7-8,15,19H,5-6,9-14,16H2,1H3,(H,26,32)/t19-/m1/s1. The van der Waals surface area contributed by atoms with Crippen molar-refractivity contribution in [3.8, 4) is 11.3 Å². The Hall–Kier alpha value is -3.27. The Balaban J connectivity index is 1.47. The van der Waals surface area contributed by atoms with Crippen LogP contribution in [0.1, 0.15) is 47.8 Å². The third-order valence-electron chi connectivity index (χ3n) is 6.77. The van der Waals surface area contributed by atoms with Crippen LogP contribution in [0.3, 0.4) is 0 Å². The fourth-order valence-electron chi connectivity index (χ4n) is 4.98. The Morgan fingerprint density at radius 1 is 1.23 bits per heavy atom. The molecule has 1 aromatic carbocycles. The van der Waals surface area contributed by atoms with Gasteiger partial charge in [0.2, 0.25) is 5.91 Å². The van der Waals surface area contributed by atoms with Gasteiger partial charge in [-0.25, -0.2) is 18.1 Å². The molecular weight excluding hydrogens is 466 g/mol. The van der Waals surface area contributed by atoms with Gasteiger partial charge in [-0.3, -0.25) is 9.59 Å². The van der Waals surface area contributed by atoms with Gasteiger partial charge in [-0.15, -0.1) is 0 Å². The molecule has 184 valence electrons. The number of pyridine rings is 1. The Kier molecular flexibility index (Phi) is 6.31. The van der Waals surface area contributed by atoms with Crippen molar-refractivity contribution in [2.75, 3.05) is 31.1 Å². The van der Waals surface area contributed by atoms with Gasteiger partial charge in [0.15, 0.2) is 15.5 Å². The molecule has 35 heavy (non-hydrogen) atoms. The number of hydrogen-bond donors (Lipinski definition) is 1. The predicted molar refractivity (Wildman–Crippen MR) is 133 cm³/mol. The largest absolute Gasteiger partial charge is 0.352 e. The number of nitrogens with zero attached hydrogens (tertiary/aromatic N) is 4. The van der Waals surface area contributed by atoms with Crippen LogP contribution in [0.25, 0.3) is 22.3 Å². The van der Waals surface area contributed by atoms with Crippen molar-refractivity contribution in [2.24, 2.45) is 0 Å². The van der Waals surface area contributed by atoms with Gasteiger partial charge in [-0.1, -0.05) is 30.3 Å². The number of sulfone groups is 1. The van der Waals surface area contributed by atoms with E-state index in [0.717, 1.165) is 18.5 Å². The smallest absolute Gasteiger partial charge is 0.252 e. The third kappa shape index (κ3) is 4.80. The molecule has 10 heteroatoms. The van der Waals surface area contributed by atoms with E-state index in [2.05, 4.69) is 10.4 Å². The molecule has 1 atom stereocenters. The summed E-state index contributed by atoms with van der Waals surface area (Å²) in [5.41, 5.74) is 3.13. The number of amides is 2. The summed E-state index contributed by atoms with van der Waals surface area (Å²) in [7, 11) is -3.11. The lowest BCUT2D eigenvalue weighted by molar-refractivity contribution is -0.127. The molecular formula is C25H29N5O4S. The van der Waals surface area contributed by atoms with Crippen molar-refractivity contribution in [3.05, 3.63) is 47.7 Å². The first-order valence-corrected chi connectivity index (χ1v) is 13.9. The van der Waals surface area contributed by atoms with Crippen molar-refractivity contribution in [1.29, 1.82) is 0 Å². The quantitative estimate of drug-likeness (QED) is 0.504. The molecule has 2 aromatic heterocycles. The maximum absolute atomic E-state index is 13.3. The highest BCUT2D eigenvalue weighted by molar-refractivity contribution is 7.91. The highest BCUT2D eigenvalue weighted by atomic mass is 32.2. The molecule has 0 aliphatic carbocycles. The van der Waals surface area contributed by atoms with Gasteiger partial charge in [-0.05, 0) is 32.3 Å². The highest BCUT2D eigenvalue weighted by Crippen LogP contribution is 2.32. The van der Waals surface area contributed by atoms with E-state index >= 15 is 0 Å². The lowest BCUT2D eigenvalue weighted by Crippen LogP contribution is -2.30. The molecule has 5 rings (SSSR count). The van der Waals surface area contributed by atoms with Crippen molar-refractivity contribution in [2.45, 2.75) is 38.6 Å². The number of likely N-dealkylation sites (tertiary alicyclic amines) is 1. The molecule has 2 amide bonds. The number of nitrogens with one attached hydrogen (secondary N) is 1. The van der Waals surface area contributed by atoms with Gasteiger partial charge >= 0.3 is 0 Å². The summed E-state index contributed by atoms with van der Waals surface area (Å²) in [6.07, 6.45) is 2.66. The maximum atomic E-state index is 13.3. The van der Waals surface area contributed by atoms with E-state index < -0.39 is 9.84 Å². The van der Waals surface area contributed by atoms with Crippen LogP contribution in [0, 0.1) is 6.92 Å². The summed E-state index contributed by atoms with van der Waals surface area (Å²) in [5, 5.41) is 8.27. The number of hydrogen-bond acceptors (Lipinski definition) is 6. The number of aromatic nitrogens is 3. The highest BCUT2D eigenvalue weighted by Gasteiger charge is 2.32. The van der Waals surface area contributed by atoms with E-state index in [0.29, 0.717) is 60.3 Å². The molecule has 4 heterocycles. The number of fused-ring (bicyclic) bond motifs is 1. The summed E-state index contributed by atoms with van der Waals surface area (Å²) in [6, 6.07) is 11.1. The zero-order chi connectivity index (χ0) is 24.6. The van der Waals surface area contributed by atoms with E-state index in [1.54, 1.807) is 10.7 Å². The Morgan fingerprint density at radius 2 is 2.03 bits per heavy atom. The molecule has 3 aromatic rings. The van der Waals surface area contributed by atoms with Gasteiger partial charge in [0.25, 0.3) is 5.91 Å². The van der Waals surface area contributed by atoms with Crippen molar-refractivity contribution in [3.63, 3.8) is 0 Å². The van der Waals surface area contributed by atoms with Gasteiger partial charge in [0, 0.05) is 31.6 Å². The van der Waals surface area contributed by atoms with Crippen LogP contribution in [0.4, 0.5) is 0 Å². The second-order valence-electron chi connectivity index (χ2n) is 9.30. The van der Waals surface area contributed by atoms with Crippen LogP contribution in [-0.2, 0) is 14.6 Å². The monoisotopic (exact) mass is 495 g/mol. The molecule has 2 aliphatic rings. The average molecular weight is 496 g/mol. The minimum absolute atomic E-state index is 0.0250. The molecule has 2 fully saturated rings. The second-order valence-corrected chi connectivity index (χ2v) is 11.5. The molecule has 0 spiro atoms. The number of aryl methyl sites for hydroxylation is 1. The topological polar surface area (TPSA) is 114 Å². The van der Waals surface area contributed by atoms with Crippen molar-refractivity contribution >= 4 is 32.7 Å². The number of rotatable bonds is 7. The minimum atomic E-state index is -3.11. The van der Waals surface area contributed by atoms with Gasteiger partial charge in [-0.2, -0.15) is 5.10 Å². The number of benzene rings is 1. The number of carbonyl (C=O) groups is 2. The van der Waals surface area contributed by atoms with Crippen molar-refractivity contribution < 1.29 is 18.0 Å². The molecule has 0 saturated carbocycles. The first-order chi connectivity index (χ1) is 16.8. The summed E-state index contributed by atoms with van der Waals surface area (Å²) < 4.78 is 26.0. The molecule has 2 aliphatic heterocycles. The van der Waals surface area contributed by atoms with Crippen LogP contribution in [0.15, 0.2) is 36.4 Å². The lowest BCUT2D eigenvalue weighted by Gasteiger charge is -2.15.